The lowest BCUT2D eigenvalue weighted by Gasteiger charge is -2.37. The summed E-state index contributed by atoms with van der Waals surface area (Å²) >= 11 is 12.5. The van der Waals surface area contributed by atoms with Gasteiger partial charge in [-0.15, -0.1) is 0 Å². The number of amides is 1. The number of hydrogen-bond donors (Lipinski definition) is 1. The zero-order valence-corrected chi connectivity index (χ0v) is 19.0. The Hall–Kier alpha value is -2.28. The van der Waals surface area contributed by atoms with Crippen LogP contribution >= 0.6 is 23.2 Å². The molecule has 1 N–H and O–H groups in total. The molecule has 2 aromatic carbocycles. The fourth-order valence-electron chi connectivity index (χ4n) is 3.72. The van der Waals surface area contributed by atoms with Crippen LogP contribution in [-0.2, 0) is 19.7 Å². The molecule has 1 aliphatic rings. The summed E-state index contributed by atoms with van der Waals surface area (Å²) in [6, 6.07) is 10.1. The van der Waals surface area contributed by atoms with Crippen LogP contribution in [0.15, 0.2) is 36.4 Å². The molecular weight excluding hydrogens is 441 g/mol. The summed E-state index contributed by atoms with van der Waals surface area (Å²) in [6.07, 6.45) is 0.948. The third kappa shape index (κ3) is 5.14. The lowest BCUT2D eigenvalue weighted by molar-refractivity contribution is -0.125. The molecule has 0 radical (unpaired) electrons. The average Bonchev–Trinajstić information content (AvgIpc) is 2.75. The minimum atomic E-state index is -0.872. The van der Waals surface area contributed by atoms with E-state index in [1.807, 2.05) is 6.92 Å². The van der Waals surface area contributed by atoms with E-state index in [2.05, 4.69) is 5.32 Å². The maximum atomic E-state index is 13.5. The fraction of sp³-hybridized carbons (Fsp3) is 0.391. The number of halogens is 2. The van der Waals surface area contributed by atoms with E-state index in [1.54, 1.807) is 43.3 Å². The van der Waals surface area contributed by atoms with E-state index in [0.717, 1.165) is 0 Å². The molecule has 1 heterocycles. The summed E-state index contributed by atoms with van der Waals surface area (Å²) in [5.74, 6) is -0.331. The second-order valence-electron chi connectivity index (χ2n) is 7.14. The molecular formula is C23H25Cl2NO5. The van der Waals surface area contributed by atoms with Crippen LogP contribution in [0.2, 0.25) is 10.0 Å². The van der Waals surface area contributed by atoms with E-state index in [4.69, 9.17) is 37.4 Å². The molecule has 1 fully saturated rings. The number of ether oxygens (including phenoxy) is 3. The maximum absolute atomic E-state index is 13.5. The Labute approximate surface area is 191 Å². The van der Waals surface area contributed by atoms with E-state index in [9.17, 15) is 9.59 Å². The summed E-state index contributed by atoms with van der Waals surface area (Å²) in [5, 5.41) is 3.89. The molecule has 0 saturated carbocycles. The van der Waals surface area contributed by atoms with Gasteiger partial charge in [0.05, 0.1) is 18.6 Å². The number of nitrogens with one attached hydrogen (secondary N) is 1. The SMILES string of the molecule is CCOC(=O)c1cc(NC(=O)C2(c3ccc(Cl)cc3Cl)CCOCC2)ccc1OCC. The zero-order chi connectivity index (χ0) is 22.4. The normalized spacial score (nSPS) is 15.2. The van der Waals surface area contributed by atoms with Gasteiger partial charge in [-0.25, -0.2) is 4.79 Å². The number of rotatable bonds is 7. The van der Waals surface area contributed by atoms with Gasteiger partial charge in [0.25, 0.3) is 0 Å². The Balaban J connectivity index is 1.95. The molecule has 31 heavy (non-hydrogen) atoms. The van der Waals surface area contributed by atoms with Gasteiger partial charge < -0.3 is 19.5 Å². The van der Waals surface area contributed by atoms with E-state index < -0.39 is 11.4 Å². The molecule has 1 amide bonds. The first-order chi connectivity index (χ1) is 14.9. The second-order valence-corrected chi connectivity index (χ2v) is 7.98. The summed E-state index contributed by atoms with van der Waals surface area (Å²) in [4.78, 5) is 25.9. The van der Waals surface area contributed by atoms with Crippen LogP contribution < -0.4 is 10.1 Å². The average molecular weight is 466 g/mol. The van der Waals surface area contributed by atoms with Gasteiger partial charge in [-0.1, -0.05) is 29.3 Å². The van der Waals surface area contributed by atoms with Gasteiger partial charge in [0.1, 0.15) is 11.3 Å². The predicted octanol–water partition coefficient (Wildman–Crippen LogP) is 5.26. The quantitative estimate of drug-likeness (QED) is 0.564. The highest BCUT2D eigenvalue weighted by Gasteiger charge is 2.43. The van der Waals surface area contributed by atoms with Gasteiger partial charge in [-0.2, -0.15) is 0 Å². The van der Waals surface area contributed by atoms with Gasteiger partial charge in [0.2, 0.25) is 5.91 Å². The van der Waals surface area contributed by atoms with Crippen molar-refractivity contribution in [3.63, 3.8) is 0 Å². The van der Waals surface area contributed by atoms with Crippen molar-refractivity contribution in [2.45, 2.75) is 32.1 Å². The van der Waals surface area contributed by atoms with E-state index in [0.29, 0.717) is 59.7 Å². The van der Waals surface area contributed by atoms with Crippen LogP contribution in [0.1, 0.15) is 42.6 Å². The monoisotopic (exact) mass is 465 g/mol. The molecule has 0 unspecified atom stereocenters. The zero-order valence-electron chi connectivity index (χ0n) is 17.5. The molecule has 0 aliphatic carbocycles. The lowest BCUT2D eigenvalue weighted by atomic mass is 9.73. The van der Waals surface area contributed by atoms with Crippen molar-refractivity contribution in [1.82, 2.24) is 0 Å². The molecule has 1 saturated heterocycles. The first-order valence-corrected chi connectivity index (χ1v) is 11.0. The first kappa shape index (κ1) is 23.4. The van der Waals surface area contributed by atoms with Crippen molar-refractivity contribution in [2.24, 2.45) is 0 Å². The highest BCUT2D eigenvalue weighted by molar-refractivity contribution is 6.35. The van der Waals surface area contributed by atoms with Gasteiger partial charge in [-0.3, -0.25) is 4.79 Å². The molecule has 3 rings (SSSR count). The van der Waals surface area contributed by atoms with Gasteiger partial charge in [0, 0.05) is 28.9 Å². The Kier molecular flexibility index (Phi) is 7.81. The Morgan fingerprint density at radius 2 is 1.81 bits per heavy atom. The number of carbonyl (C=O) groups excluding carboxylic acids is 2. The number of benzene rings is 2. The van der Waals surface area contributed by atoms with E-state index >= 15 is 0 Å². The third-order valence-corrected chi connectivity index (χ3v) is 5.81. The molecule has 0 aromatic heterocycles. The molecule has 2 aromatic rings. The summed E-state index contributed by atoms with van der Waals surface area (Å²) in [6.45, 7) is 5.06. The fourth-order valence-corrected chi connectivity index (χ4v) is 4.31. The molecule has 0 bridgehead atoms. The van der Waals surface area contributed by atoms with Crippen molar-refractivity contribution in [2.75, 3.05) is 31.7 Å². The van der Waals surface area contributed by atoms with Gasteiger partial charge in [0.15, 0.2) is 0 Å². The molecule has 166 valence electrons. The maximum Gasteiger partial charge on any atom is 0.341 e. The van der Waals surface area contributed by atoms with Crippen LogP contribution in [0, 0.1) is 0 Å². The number of carbonyl (C=O) groups is 2. The summed E-state index contributed by atoms with van der Waals surface area (Å²) in [7, 11) is 0. The van der Waals surface area contributed by atoms with Gasteiger partial charge in [-0.05, 0) is 62.6 Å². The first-order valence-electron chi connectivity index (χ1n) is 10.2. The van der Waals surface area contributed by atoms with Crippen LogP contribution in [0.25, 0.3) is 0 Å². The van der Waals surface area contributed by atoms with Crippen LogP contribution in [-0.4, -0.2) is 38.3 Å². The van der Waals surface area contributed by atoms with Crippen molar-refractivity contribution in [3.8, 4) is 5.75 Å². The van der Waals surface area contributed by atoms with Crippen LogP contribution in [0.3, 0.4) is 0 Å². The second kappa shape index (κ2) is 10.4. The predicted molar refractivity (Wildman–Crippen MR) is 120 cm³/mol. The minimum absolute atomic E-state index is 0.223. The number of anilines is 1. The highest BCUT2D eigenvalue weighted by Crippen LogP contribution is 2.41. The standard InChI is InChI=1S/C23H25Cl2NO5/c1-3-30-20-8-6-16(14-17(20)21(27)31-4-2)26-22(28)23(9-11-29-12-10-23)18-7-5-15(24)13-19(18)25/h5-8,13-14H,3-4,9-12H2,1-2H3,(H,26,28). The van der Waals surface area contributed by atoms with E-state index in [1.165, 1.54) is 0 Å². The summed E-state index contributed by atoms with van der Waals surface area (Å²) in [5.41, 5.74) is 0.554. The Morgan fingerprint density at radius 1 is 1.06 bits per heavy atom. The van der Waals surface area contributed by atoms with Crippen molar-refractivity contribution >= 4 is 40.8 Å². The van der Waals surface area contributed by atoms with Crippen LogP contribution in [0.5, 0.6) is 5.75 Å². The Morgan fingerprint density at radius 3 is 2.45 bits per heavy atom. The Bertz CT molecular complexity index is 957. The molecule has 0 spiro atoms. The summed E-state index contributed by atoms with van der Waals surface area (Å²) < 4.78 is 16.2. The number of esters is 1. The van der Waals surface area contributed by atoms with Crippen LogP contribution in [0.4, 0.5) is 5.69 Å². The van der Waals surface area contributed by atoms with Crippen molar-refractivity contribution in [1.29, 1.82) is 0 Å². The highest BCUT2D eigenvalue weighted by atomic mass is 35.5. The van der Waals surface area contributed by atoms with Crippen molar-refractivity contribution in [3.05, 3.63) is 57.6 Å². The molecule has 0 atom stereocenters. The number of hydrogen-bond acceptors (Lipinski definition) is 5. The van der Waals surface area contributed by atoms with Crippen molar-refractivity contribution < 1.29 is 23.8 Å². The molecule has 8 heteroatoms. The van der Waals surface area contributed by atoms with E-state index in [-0.39, 0.29) is 18.1 Å². The molecule has 1 aliphatic heterocycles. The topological polar surface area (TPSA) is 73.9 Å². The smallest absolute Gasteiger partial charge is 0.341 e. The minimum Gasteiger partial charge on any atom is -0.493 e. The lowest BCUT2D eigenvalue weighted by Crippen LogP contribution is -2.45. The third-order valence-electron chi connectivity index (χ3n) is 5.26. The largest absolute Gasteiger partial charge is 0.493 e. The van der Waals surface area contributed by atoms with Gasteiger partial charge >= 0.3 is 5.97 Å². The molecule has 6 nitrogen and oxygen atoms in total.